The Balaban J connectivity index is 1.13. The van der Waals surface area contributed by atoms with E-state index in [1.165, 1.54) is 19.3 Å². The van der Waals surface area contributed by atoms with Gasteiger partial charge in [-0.2, -0.15) is 4.39 Å². The largest absolute Gasteiger partial charge is 0.490 e. The van der Waals surface area contributed by atoms with Gasteiger partial charge < -0.3 is 14.5 Å². The molecule has 5 rings (SSSR count). The molecule has 191 valence electrons. The minimum absolute atomic E-state index is 0.0394. The number of benzene rings is 1. The lowest BCUT2D eigenvalue weighted by molar-refractivity contribution is -0.00708. The third-order valence-electron chi connectivity index (χ3n) is 8.33. The molecule has 0 heterocycles. The van der Waals surface area contributed by atoms with E-state index in [0.29, 0.717) is 29.9 Å². The highest BCUT2D eigenvalue weighted by atomic mass is 31.2. The summed E-state index contributed by atoms with van der Waals surface area (Å²) in [6, 6.07) is 3.45. The zero-order valence-corrected chi connectivity index (χ0v) is 21.1. The van der Waals surface area contributed by atoms with Gasteiger partial charge in [0.05, 0.1) is 12.8 Å². The number of hydrogen-bond donors (Lipinski definition) is 2. The van der Waals surface area contributed by atoms with E-state index in [9.17, 15) is 8.96 Å². The van der Waals surface area contributed by atoms with Crippen molar-refractivity contribution in [2.75, 3.05) is 12.8 Å². The van der Waals surface area contributed by atoms with E-state index < -0.39 is 19.2 Å². The number of unbranched alkanes of at least 4 members (excludes halogenated alkanes) is 8. The van der Waals surface area contributed by atoms with Gasteiger partial charge in [-0.25, -0.2) is 4.39 Å². The topological polar surface area (TPSA) is 66.8 Å². The fourth-order valence-corrected chi connectivity index (χ4v) is 7.73. The van der Waals surface area contributed by atoms with Gasteiger partial charge in [0.25, 0.3) is 0 Å². The van der Waals surface area contributed by atoms with Crippen LogP contribution in [0.2, 0.25) is 0 Å². The molecule has 4 bridgehead atoms. The van der Waals surface area contributed by atoms with Gasteiger partial charge in [0.1, 0.15) is 0 Å². The lowest BCUT2D eigenvalue weighted by atomic mass is 9.48. The molecule has 0 atom stereocenters. The van der Waals surface area contributed by atoms with Crippen molar-refractivity contribution in [2.45, 2.75) is 95.3 Å². The lowest BCUT2D eigenvalue weighted by Crippen LogP contribution is -2.49. The van der Waals surface area contributed by atoms with Crippen molar-refractivity contribution in [3.63, 3.8) is 0 Å². The molecule has 34 heavy (non-hydrogen) atoms. The van der Waals surface area contributed by atoms with Gasteiger partial charge in [0.2, 0.25) is 5.82 Å². The van der Waals surface area contributed by atoms with E-state index in [4.69, 9.17) is 14.5 Å². The molecule has 1 aromatic rings. The van der Waals surface area contributed by atoms with Crippen LogP contribution in [0.4, 0.5) is 8.78 Å². The van der Waals surface area contributed by atoms with Crippen LogP contribution in [0.1, 0.15) is 95.5 Å². The van der Waals surface area contributed by atoms with E-state index in [-0.39, 0.29) is 17.3 Å². The highest BCUT2D eigenvalue weighted by Gasteiger charge is 2.52. The summed E-state index contributed by atoms with van der Waals surface area (Å²) < 4.78 is 46.4. The number of hydrogen-bond acceptors (Lipinski definition) is 2. The Labute approximate surface area is 203 Å². The second-order valence-electron chi connectivity index (χ2n) is 11.2. The fourth-order valence-electron chi connectivity index (χ4n) is 7.21. The molecule has 4 saturated carbocycles. The molecule has 0 aliphatic heterocycles. The van der Waals surface area contributed by atoms with E-state index in [2.05, 4.69) is 0 Å². The van der Waals surface area contributed by atoms with Crippen LogP contribution < -0.4 is 4.74 Å². The first-order valence-corrected chi connectivity index (χ1v) is 15.0. The average molecular weight is 498 g/mol. The van der Waals surface area contributed by atoms with E-state index in [1.54, 1.807) is 18.6 Å². The molecule has 0 saturated heterocycles. The molecule has 4 aliphatic rings. The van der Waals surface area contributed by atoms with Gasteiger partial charge in [0.15, 0.2) is 11.6 Å². The predicted molar refractivity (Wildman–Crippen MR) is 130 cm³/mol. The third-order valence-corrected chi connectivity index (χ3v) is 9.07. The maximum absolute atomic E-state index is 15.2. The van der Waals surface area contributed by atoms with Crippen molar-refractivity contribution in [3.05, 3.63) is 35.8 Å². The summed E-state index contributed by atoms with van der Waals surface area (Å²) >= 11 is 0. The molecule has 4 aliphatic carbocycles. The van der Waals surface area contributed by atoms with Crippen molar-refractivity contribution in [1.82, 2.24) is 0 Å². The Morgan fingerprint density at radius 3 is 2.03 bits per heavy atom. The number of rotatable bonds is 14. The Bertz CT molecular complexity index is 833. The minimum atomic E-state index is -3.90. The second-order valence-corrected chi connectivity index (χ2v) is 12.9. The van der Waals surface area contributed by atoms with Gasteiger partial charge >= 0.3 is 7.60 Å². The zero-order chi connectivity index (χ0) is 24.2. The van der Waals surface area contributed by atoms with Crippen molar-refractivity contribution in [3.8, 4) is 5.75 Å². The quantitative estimate of drug-likeness (QED) is 0.209. The van der Waals surface area contributed by atoms with Gasteiger partial charge in [-0.05, 0) is 92.6 Å². The Morgan fingerprint density at radius 2 is 1.44 bits per heavy atom. The first-order valence-electron chi connectivity index (χ1n) is 13.2. The number of ether oxygens (including phenoxy) is 1. The molecule has 4 nitrogen and oxygen atoms in total. The Kier molecular flexibility index (Phi) is 8.75. The molecule has 0 unspecified atom stereocenters. The van der Waals surface area contributed by atoms with Crippen LogP contribution >= 0.6 is 7.60 Å². The molecule has 4 fully saturated rings. The molecule has 7 heteroatoms. The van der Waals surface area contributed by atoms with Crippen LogP contribution in [0.15, 0.2) is 12.1 Å². The van der Waals surface area contributed by atoms with Crippen LogP contribution in [-0.4, -0.2) is 22.6 Å². The highest BCUT2D eigenvalue weighted by Crippen LogP contribution is 2.61. The Hall–Kier alpha value is -0.970. The minimum Gasteiger partial charge on any atom is -0.490 e. The van der Waals surface area contributed by atoms with Crippen molar-refractivity contribution in [1.29, 1.82) is 0 Å². The van der Waals surface area contributed by atoms with Crippen molar-refractivity contribution >= 4 is 7.60 Å². The predicted octanol–water partition coefficient (Wildman–Crippen LogP) is 7.31. The monoisotopic (exact) mass is 497 g/mol. The molecule has 0 amide bonds. The van der Waals surface area contributed by atoms with Crippen LogP contribution in [-0.2, 0) is 9.98 Å². The van der Waals surface area contributed by atoms with E-state index >= 15 is 4.39 Å². The van der Waals surface area contributed by atoms with Crippen molar-refractivity contribution in [2.24, 2.45) is 17.8 Å². The summed E-state index contributed by atoms with van der Waals surface area (Å²) in [4.78, 5) is 17.6. The molecule has 0 aromatic heterocycles. The normalized spacial score (nSPS) is 27.9. The first-order chi connectivity index (χ1) is 16.3. The summed E-state index contributed by atoms with van der Waals surface area (Å²) in [5.41, 5.74) is 0.436. The molecular weight excluding hydrogens is 457 g/mol. The van der Waals surface area contributed by atoms with Gasteiger partial charge in [0, 0.05) is 0 Å². The molecule has 1 radical (unpaired) electrons. The van der Waals surface area contributed by atoms with Crippen LogP contribution in [0.5, 0.6) is 5.75 Å². The average Bonchev–Trinajstić information content (AvgIpc) is 2.75. The van der Waals surface area contributed by atoms with Gasteiger partial charge in [-0.1, -0.05) is 44.6 Å². The smallest absolute Gasteiger partial charge is 0.325 e. The summed E-state index contributed by atoms with van der Waals surface area (Å²) in [5.74, 6) is 0.612. The standard InChI is InChI=1S/C27H40F2O4P/c28-25-23(27-17-20-14-21(18-27)16-22(15-20)19-27)10-11-24(26(25)29)33-12-8-6-4-2-1-3-5-7-9-13-34(30,31)32/h9-11,20-22H,1-8,12-19H2,(H2,30,31,32). The second kappa shape index (κ2) is 11.4. The molecule has 0 spiro atoms. The van der Waals surface area contributed by atoms with Gasteiger partial charge in [-0.3, -0.25) is 4.57 Å². The van der Waals surface area contributed by atoms with Crippen LogP contribution in [0, 0.1) is 35.8 Å². The summed E-state index contributed by atoms with van der Waals surface area (Å²) in [6.07, 6.45) is 16.2. The lowest BCUT2D eigenvalue weighted by Gasteiger charge is -2.57. The molecular formula is C27H40F2O4P. The number of halogens is 2. The molecule has 2 N–H and O–H groups in total. The summed E-state index contributed by atoms with van der Waals surface area (Å²) in [7, 11) is -3.90. The third kappa shape index (κ3) is 6.62. The van der Waals surface area contributed by atoms with Crippen molar-refractivity contribution < 1.29 is 27.9 Å². The van der Waals surface area contributed by atoms with Crippen LogP contribution in [0.25, 0.3) is 0 Å². The van der Waals surface area contributed by atoms with Crippen LogP contribution in [0.3, 0.4) is 0 Å². The van der Waals surface area contributed by atoms with E-state index in [0.717, 1.165) is 70.6 Å². The maximum atomic E-state index is 15.2. The summed E-state index contributed by atoms with van der Waals surface area (Å²) in [6.45, 7) is 0.393. The van der Waals surface area contributed by atoms with Gasteiger partial charge in [-0.15, -0.1) is 0 Å². The van der Waals surface area contributed by atoms with E-state index in [1.807, 2.05) is 0 Å². The zero-order valence-electron chi connectivity index (χ0n) is 20.2. The molecule has 1 aromatic carbocycles. The SMILES string of the molecule is O=P(O)(O)C[CH]CCCCCCCCCOc1ccc(C23CC4CC(CC(C4)C2)C3)c(F)c1F. The fraction of sp³-hybridized carbons (Fsp3) is 0.741. The highest BCUT2D eigenvalue weighted by molar-refractivity contribution is 7.51. The summed E-state index contributed by atoms with van der Waals surface area (Å²) in [5, 5.41) is 0. The maximum Gasteiger partial charge on any atom is 0.325 e. The Morgan fingerprint density at radius 1 is 0.882 bits per heavy atom. The first kappa shape index (κ1) is 26.1.